The summed E-state index contributed by atoms with van der Waals surface area (Å²) in [6.07, 6.45) is 4.54. The van der Waals surface area contributed by atoms with Crippen LogP contribution >= 0.6 is 11.3 Å². The largest absolute Gasteiger partial charge is 0.488 e. The summed E-state index contributed by atoms with van der Waals surface area (Å²) < 4.78 is 33.7. The van der Waals surface area contributed by atoms with Crippen LogP contribution in [0.5, 0.6) is 5.75 Å². The van der Waals surface area contributed by atoms with Gasteiger partial charge in [0, 0.05) is 11.3 Å². The zero-order chi connectivity index (χ0) is 21.0. The molecular formula is C22H22N2O4S2. The van der Waals surface area contributed by atoms with Gasteiger partial charge in [-0.1, -0.05) is 24.3 Å². The van der Waals surface area contributed by atoms with Crippen LogP contribution in [-0.4, -0.2) is 20.4 Å². The summed E-state index contributed by atoms with van der Waals surface area (Å²) in [5, 5.41) is 4.58. The first-order valence-electron chi connectivity index (χ1n) is 9.75. The van der Waals surface area contributed by atoms with Gasteiger partial charge in [-0.05, 0) is 67.5 Å². The predicted molar refractivity (Wildman–Crippen MR) is 119 cm³/mol. The minimum atomic E-state index is -3.67. The summed E-state index contributed by atoms with van der Waals surface area (Å²) >= 11 is 1.13. The lowest BCUT2D eigenvalue weighted by molar-refractivity contribution is 0.102. The van der Waals surface area contributed by atoms with Crippen molar-refractivity contribution >= 4 is 38.6 Å². The first-order valence-corrected chi connectivity index (χ1v) is 12.1. The number of amides is 1. The SMILES string of the molecule is O=C(Nc1ccccc1OC1CCCC1)c1cccc(NS(=O)(=O)c2cccs2)c1. The number of ether oxygens (including phenoxy) is 1. The smallest absolute Gasteiger partial charge is 0.271 e. The van der Waals surface area contributed by atoms with E-state index in [9.17, 15) is 13.2 Å². The summed E-state index contributed by atoms with van der Waals surface area (Å²) in [6, 6.07) is 17.0. The Balaban J connectivity index is 1.49. The van der Waals surface area contributed by atoms with Gasteiger partial charge in [-0.2, -0.15) is 0 Å². The average Bonchev–Trinajstić information content (AvgIpc) is 3.44. The van der Waals surface area contributed by atoms with Crippen LogP contribution in [0.3, 0.4) is 0 Å². The fourth-order valence-corrected chi connectivity index (χ4v) is 5.44. The Bertz CT molecular complexity index is 1120. The minimum Gasteiger partial charge on any atom is -0.488 e. The van der Waals surface area contributed by atoms with Gasteiger partial charge < -0.3 is 10.1 Å². The standard InChI is InChI=1S/C22H22N2O4S2/c25-22(23-19-11-3-4-12-20(19)28-18-9-1-2-10-18)16-7-5-8-17(15-16)24-30(26,27)21-13-6-14-29-21/h3-8,11-15,18,24H,1-2,9-10H2,(H,23,25). The van der Waals surface area contributed by atoms with Crippen LogP contribution in [0.15, 0.2) is 70.3 Å². The maximum atomic E-state index is 12.8. The third-order valence-electron chi connectivity index (χ3n) is 4.87. The fraction of sp³-hybridized carbons (Fsp3) is 0.227. The lowest BCUT2D eigenvalue weighted by Gasteiger charge is -2.17. The maximum absolute atomic E-state index is 12.8. The van der Waals surface area contributed by atoms with E-state index in [4.69, 9.17) is 4.74 Å². The molecule has 1 saturated carbocycles. The number of carbonyl (C=O) groups excluding carboxylic acids is 1. The Kier molecular flexibility index (Phi) is 6.06. The van der Waals surface area contributed by atoms with Crippen LogP contribution in [0.2, 0.25) is 0 Å². The summed E-state index contributed by atoms with van der Waals surface area (Å²) in [7, 11) is -3.67. The van der Waals surface area contributed by atoms with E-state index in [1.165, 1.54) is 12.1 Å². The number of para-hydroxylation sites is 2. The number of hydrogen-bond acceptors (Lipinski definition) is 5. The molecule has 1 aliphatic rings. The quantitative estimate of drug-likeness (QED) is 0.532. The van der Waals surface area contributed by atoms with Gasteiger partial charge in [0.2, 0.25) is 0 Å². The Morgan fingerprint density at radius 1 is 1.00 bits per heavy atom. The molecular weight excluding hydrogens is 420 g/mol. The molecule has 0 spiro atoms. The molecule has 1 aromatic heterocycles. The van der Waals surface area contributed by atoms with Gasteiger partial charge in [-0.3, -0.25) is 9.52 Å². The maximum Gasteiger partial charge on any atom is 0.271 e. The third-order valence-corrected chi connectivity index (χ3v) is 7.65. The number of hydrogen-bond donors (Lipinski definition) is 2. The molecule has 3 aromatic rings. The van der Waals surface area contributed by atoms with E-state index in [0.717, 1.165) is 37.0 Å². The molecule has 8 heteroatoms. The zero-order valence-electron chi connectivity index (χ0n) is 16.2. The third kappa shape index (κ3) is 4.83. The van der Waals surface area contributed by atoms with Gasteiger partial charge in [0.25, 0.3) is 15.9 Å². The van der Waals surface area contributed by atoms with E-state index >= 15 is 0 Å². The molecule has 1 heterocycles. The van der Waals surface area contributed by atoms with E-state index in [0.29, 0.717) is 22.7 Å². The summed E-state index contributed by atoms with van der Waals surface area (Å²) in [6.45, 7) is 0. The first-order chi connectivity index (χ1) is 14.5. The molecule has 0 bridgehead atoms. The minimum absolute atomic E-state index is 0.179. The number of rotatable bonds is 7. The van der Waals surface area contributed by atoms with Crippen molar-refractivity contribution in [3.05, 3.63) is 71.6 Å². The predicted octanol–water partition coefficient (Wildman–Crippen LogP) is 5.12. The van der Waals surface area contributed by atoms with Crippen LogP contribution in [-0.2, 0) is 10.0 Å². The normalized spacial score (nSPS) is 14.4. The molecule has 1 amide bonds. The van der Waals surface area contributed by atoms with Crippen LogP contribution in [0, 0.1) is 0 Å². The molecule has 6 nitrogen and oxygen atoms in total. The molecule has 2 N–H and O–H groups in total. The average molecular weight is 443 g/mol. The molecule has 0 radical (unpaired) electrons. The van der Waals surface area contributed by atoms with Crippen molar-refractivity contribution in [3.63, 3.8) is 0 Å². The zero-order valence-corrected chi connectivity index (χ0v) is 17.8. The van der Waals surface area contributed by atoms with Gasteiger partial charge in [-0.15, -0.1) is 11.3 Å². The van der Waals surface area contributed by atoms with Crippen molar-refractivity contribution < 1.29 is 17.9 Å². The van der Waals surface area contributed by atoms with Crippen LogP contribution < -0.4 is 14.8 Å². The second-order valence-corrected chi connectivity index (χ2v) is 9.95. The van der Waals surface area contributed by atoms with Crippen molar-refractivity contribution in [2.24, 2.45) is 0 Å². The summed E-state index contributed by atoms with van der Waals surface area (Å²) in [4.78, 5) is 12.8. The van der Waals surface area contributed by atoms with Crippen molar-refractivity contribution in [2.75, 3.05) is 10.0 Å². The monoisotopic (exact) mass is 442 g/mol. The number of nitrogens with one attached hydrogen (secondary N) is 2. The number of thiophene rings is 1. The van der Waals surface area contributed by atoms with Gasteiger partial charge in [0.05, 0.1) is 11.8 Å². The highest BCUT2D eigenvalue weighted by Crippen LogP contribution is 2.30. The van der Waals surface area contributed by atoms with Crippen molar-refractivity contribution in [1.29, 1.82) is 0 Å². The van der Waals surface area contributed by atoms with E-state index in [1.54, 1.807) is 35.7 Å². The highest BCUT2D eigenvalue weighted by atomic mass is 32.2. The second kappa shape index (κ2) is 8.89. The van der Waals surface area contributed by atoms with E-state index in [2.05, 4.69) is 10.0 Å². The summed E-state index contributed by atoms with van der Waals surface area (Å²) in [5.41, 5.74) is 1.27. The Hall–Kier alpha value is -2.84. The molecule has 30 heavy (non-hydrogen) atoms. The molecule has 0 saturated heterocycles. The molecule has 0 unspecified atom stereocenters. The van der Waals surface area contributed by atoms with E-state index in [-0.39, 0.29) is 16.2 Å². The Labute approximate surface area is 180 Å². The van der Waals surface area contributed by atoms with Gasteiger partial charge in [0.1, 0.15) is 9.96 Å². The van der Waals surface area contributed by atoms with E-state index in [1.807, 2.05) is 18.2 Å². The van der Waals surface area contributed by atoms with Gasteiger partial charge in [0.15, 0.2) is 0 Å². The van der Waals surface area contributed by atoms with Gasteiger partial charge >= 0.3 is 0 Å². The lowest BCUT2D eigenvalue weighted by atomic mass is 10.2. The molecule has 0 aliphatic heterocycles. The Morgan fingerprint density at radius 3 is 2.57 bits per heavy atom. The lowest BCUT2D eigenvalue weighted by Crippen LogP contribution is -2.16. The number of benzene rings is 2. The number of anilines is 2. The summed E-state index contributed by atoms with van der Waals surface area (Å²) in [5.74, 6) is 0.307. The number of sulfonamides is 1. The van der Waals surface area contributed by atoms with Crippen LogP contribution in [0.25, 0.3) is 0 Å². The molecule has 1 fully saturated rings. The highest BCUT2D eigenvalue weighted by molar-refractivity contribution is 7.94. The fourth-order valence-electron chi connectivity index (χ4n) is 3.40. The van der Waals surface area contributed by atoms with Crippen molar-refractivity contribution in [1.82, 2.24) is 0 Å². The van der Waals surface area contributed by atoms with Crippen LogP contribution in [0.4, 0.5) is 11.4 Å². The van der Waals surface area contributed by atoms with Gasteiger partial charge in [-0.25, -0.2) is 8.42 Å². The first kappa shape index (κ1) is 20.4. The molecule has 4 rings (SSSR count). The van der Waals surface area contributed by atoms with E-state index < -0.39 is 10.0 Å². The van der Waals surface area contributed by atoms with Crippen LogP contribution in [0.1, 0.15) is 36.0 Å². The number of carbonyl (C=O) groups is 1. The molecule has 0 atom stereocenters. The van der Waals surface area contributed by atoms with Crippen molar-refractivity contribution in [2.45, 2.75) is 36.0 Å². The van der Waals surface area contributed by atoms with Crippen molar-refractivity contribution in [3.8, 4) is 5.75 Å². The topological polar surface area (TPSA) is 84.5 Å². The molecule has 2 aromatic carbocycles. The highest BCUT2D eigenvalue weighted by Gasteiger charge is 2.19. The second-order valence-electron chi connectivity index (χ2n) is 7.09. The Morgan fingerprint density at radius 2 is 1.80 bits per heavy atom. The molecule has 156 valence electrons. The molecule has 1 aliphatic carbocycles.